The minimum absolute atomic E-state index is 0.954. The predicted octanol–water partition coefficient (Wildman–Crippen LogP) is 2.37. The first-order valence-corrected chi connectivity index (χ1v) is 4.99. The van der Waals surface area contributed by atoms with Gasteiger partial charge in [0.15, 0.2) is 0 Å². The fourth-order valence-electron chi connectivity index (χ4n) is 1.06. The van der Waals surface area contributed by atoms with E-state index < -0.39 is 0 Å². The first-order chi connectivity index (χ1) is 5.81. The smallest absolute Gasteiger partial charge is 0.0240 e. The number of nitrogens with one attached hydrogen (secondary N) is 1. The molecule has 0 rings (SSSR count). The van der Waals surface area contributed by atoms with Crippen LogP contribution in [0.1, 0.15) is 46.0 Å². The summed E-state index contributed by atoms with van der Waals surface area (Å²) in [7, 11) is 0. The highest BCUT2D eigenvalue weighted by atomic mass is 14.8. The van der Waals surface area contributed by atoms with E-state index in [0.29, 0.717) is 0 Å². The quantitative estimate of drug-likeness (QED) is 0.576. The van der Waals surface area contributed by atoms with Gasteiger partial charge in [-0.05, 0) is 19.8 Å². The van der Waals surface area contributed by atoms with Gasteiger partial charge in [0, 0.05) is 18.4 Å². The molecule has 0 unspecified atom stereocenters. The third-order valence-corrected chi connectivity index (χ3v) is 1.81. The molecule has 0 aliphatic carbocycles. The van der Waals surface area contributed by atoms with E-state index in [1.54, 1.807) is 0 Å². The van der Waals surface area contributed by atoms with E-state index in [9.17, 15) is 0 Å². The monoisotopic (exact) mass is 170 g/mol. The van der Waals surface area contributed by atoms with E-state index in [1.165, 1.54) is 25.7 Å². The summed E-state index contributed by atoms with van der Waals surface area (Å²) in [5.41, 5.74) is 6.72. The standard InChI is InChI=1S/C10H22N2/c1-3-5-6-7-8-10(11)9-12-4-2/h9,12H,3-8,11H2,1-2H3/b10-9-. The first-order valence-electron chi connectivity index (χ1n) is 4.99. The van der Waals surface area contributed by atoms with E-state index in [0.717, 1.165) is 18.7 Å². The number of hydrogen-bond donors (Lipinski definition) is 2. The van der Waals surface area contributed by atoms with Gasteiger partial charge in [-0.3, -0.25) is 0 Å². The molecule has 12 heavy (non-hydrogen) atoms. The van der Waals surface area contributed by atoms with Crippen LogP contribution < -0.4 is 11.1 Å². The van der Waals surface area contributed by atoms with Gasteiger partial charge in [0.1, 0.15) is 0 Å². The second kappa shape index (κ2) is 8.44. The molecule has 0 radical (unpaired) electrons. The van der Waals surface area contributed by atoms with Gasteiger partial charge in [-0.2, -0.15) is 0 Å². The molecule has 0 heterocycles. The summed E-state index contributed by atoms with van der Waals surface area (Å²) < 4.78 is 0. The van der Waals surface area contributed by atoms with Crippen molar-refractivity contribution in [3.63, 3.8) is 0 Å². The van der Waals surface area contributed by atoms with Gasteiger partial charge in [-0.1, -0.05) is 26.2 Å². The van der Waals surface area contributed by atoms with Crippen LogP contribution in [0.25, 0.3) is 0 Å². The molecule has 0 atom stereocenters. The van der Waals surface area contributed by atoms with Crippen LogP contribution in [0, 0.1) is 0 Å². The lowest BCUT2D eigenvalue weighted by atomic mass is 10.1. The Morgan fingerprint density at radius 2 is 2.00 bits per heavy atom. The largest absolute Gasteiger partial charge is 0.401 e. The molecule has 2 nitrogen and oxygen atoms in total. The highest BCUT2D eigenvalue weighted by Gasteiger charge is 1.90. The Morgan fingerprint density at radius 3 is 2.58 bits per heavy atom. The lowest BCUT2D eigenvalue weighted by Crippen LogP contribution is -2.08. The summed E-state index contributed by atoms with van der Waals surface area (Å²) in [6.07, 6.45) is 8.10. The van der Waals surface area contributed by atoms with Gasteiger partial charge in [0.05, 0.1) is 0 Å². The van der Waals surface area contributed by atoms with E-state index in [-0.39, 0.29) is 0 Å². The summed E-state index contributed by atoms with van der Waals surface area (Å²) in [5, 5.41) is 3.10. The maximum absolute atomic E-state index is 5.74. The van der Waals surface area contributed by atoms with Crippen molar-refractivity contribution in [2.75, 3.05) is 6.54 Å². The fourth-order valence-corrected chi connectivity index (χ4v) is 1.06. The average Bonchev–Trinajstić information content (AvgIpc) is 2.09. The molecule has 3 N–H and O–H groups in total. The number of nitrogens with two attached hydrogens (primary N) is 1. The second-order valence-electron chi connectivity index (χ2n) is 3.09. The predicted molar refractivity (Wildman–Crippen MR) is 54.7 cm³/mol. The maximum atomic E-state index is 5.74. The van der Waals surface area contributed by atoms with Gasteiger partial charge in [-0.15, -0.1) is 0 Å². The van der Waals surface area contributed by atoms with Gasteiger partial charge in [0.25, 0.3) is 0 Å². The highest BCUT2D eigenvalue weighted by molar-refractivity contribution is 4.94. The number of allylic oxidation sites excluding steroid dienone is 1. The minimum atomic E-state index is 0.954. The van der Waals surface area contributed by atoms with Crippen molar-refractivity contribution in [2.45, 2.75) is 46.0 Å². The minimum Gasteiger partial charge on any atom is -0.401 e. The van der Waals surface area contributed by atoms with Crippen LogP contribution in [0.2, 0.25) is 0 Å². The molecule has 0 fully saturated rings. The molecule has 0 amide bonds. The topological polar surface area (TPSA) is 38.0 Å². The van der Waals surface area contributed by atoms with Crippen LogP contribution in [0.4, 0.5) is 0 Å². The molecule has 2 heteroatoms. The van der Waals surface area contributed by atoms with Gasteiger partial charge in [-0.25, -0.2) is 0 Å². The van der Waals surface area contributed by atoms with Crippen molar-refractivity contribution in [3.05, 3.63) is 11.9 Å². The molecular formula is C10H22N2. The molecule has 0 aromatic heterocycles. The SMILES string of the molecule is CCCCCC/C(N)=C/NCC. The van der Waals surface area contributed by atoms with Crippen molar-refractivity contribution in [2.24, 2.45) is 5.73 Å². The zero-order chi connectivity index (χ0) is 9.23. The van der Waals surface area contributed by atoms with E-state index >= 15 is 0 Å². The third-order valence-electron chi connectivity index (χ3n) is 1.81. The molecule has 0 aliphatic heterocycles. The molecule has 0 saturated carbocycles. The Bertz CT molecular complexity index is 119. The van der Waals surface area contributed by atoms with Crippen molar-refractivity contribution < 1.29 is 0 Å². The summed E-state index contributed by atoms with van der Waals surface area (Å²) in [4.78, 5) is 0. The lowest BCUT2D eigenvalue weighted by Gasteiger charge is -2.01. The van der Waals surface area contributed by atoms with Crippen molar-refractivity contribution >= 4 is 0 Å². The van der Waals surface area contributed by atoms with Gasteiger partial charge >= 0.3 is 0 Å². The Morgan fingerprint density at radius 1 is 1.25 bits per heavy atom. The van der Waals surface area contributed by atoms with Crippen LogP contribution in [0.3, 0.4) is 0 Å². The van der Waals surface area contributed by atoms with Crippen molar-refractivity contribution in [1.82, 2.24) is 5.32 Å². The van der Waals surface area contributed by atoms with Crippen LogP contribution in [-0.2, 0) is 0 Å². The molecule has 0 aromatic carbocycles. The van der Waals surface area contributed by atoms with Crippen LogP contribution >= 0.6 is 0 Å². The normalized spacial score (nSPS) is 11.7. The molecule has 72 valence electrons. The molecule has 0 bridgehead atoms. The van der Waals surface area contributed by atoms with Gasteiger partial charge in [0.2, 0.25) is 0 Å². The van der Waals surface area contributed by atoms with Crippen LogP contribution in [0.15, 0.2) is 11.9 Å². The lowest BCUT2D eigenvalue weighted by molar-refractivity contribution is 0.659. The highest BCUT2D eigenvalue weighted by Crippen LogP contribution is 2.05. The number of unbranched alkanes of at least 4 members (excludes halogenated alkanes) is 3. The maximum Gasteiger partial charge on any atom is 0.0240 e. The Balaban J connectivity index is 3.24. The second-order valence-corrected chi connectivity index (χ2v) is 3.09. The Kier molecular flexibility index (Phi) is 7.97. The zero-order valence-corrected chi connectivity index (χ0v) is 8.40. The van der Waals surface area contributed by atoms with Gasteiger partial charge < -0.3 is 11.1 Å². The number of rotatable bonds is 7. The Labute approximate surface area is 76.2 Å². The first kappa shape index (κ1) is 11.3. The molecular weight excluding hydrogens is 148 g/mol. The van der Waals surface area contributed by atoms with Crippen molar-refractivity contribution in [3.8, 4) is 0 Å². The molecule has 0 aromatic rings. The zero-order valence-electron chi connectivity index (χ0n) is 8.40. The third kappa shape index (κ3) is 7.45. The summed E-state index contributed by atoms with van der Waals surface area (Å²) in [6, 6.07) is 0. The molecule has 0 aliphatic rings. The number of hydrogen-bond acceptors (Lipinski definition) is 2. The molecule has 0 spiro atoms. The Hall–Kier alpha value is -0.660. The van der Waals surface area contributed by atoms with Crippen LogP contribution in [0.5, 0.6) is 0 Å². The average molecular weight is 170 g/mol. The fraction of sp³-hybridized carbons (Fsp3) is 0.800. The van der Waals surface area contributed by atoms with E-state index in [1.807, 2.05) is 6.20 Å². The summed E-state index contributed by atoms with van der Waals surface area (Å²) in [5.74, 6) is 0. The van der Waals surface area contributed by atoms with E-state index in [4.69, 9.17) is 5.73 Å². The summed E-state index contributed by atoms with van der Waals surface area (Å²) >= 11 is 0. The van der Waals surface area contributed by atoms with Crippen molar-refractivity contribution in [1.29, 1.82) is 0 Å². The van der Waals surface area contributed by atoms with E-state index in [2.05, 4.69) is 19.2 Å². The van der Waals surface area contributed by atoms with Crippen LogP contribution in [-0.4, -0.2) is 6.54 Å². The summed E-state index contributed by atoms with van der Waals surface area (Å²) in [6.45, 7) is 5.24. The molecule has 0 saturated heterocycles.